The van der Waals surface area contributed by atoms with Crippen molar-refractivity contribution in [1.29, 1.82) is 0 Å². The van der Waals surface area contributed by atoms with E-state index in [1.165, 1.54) is 5.69 Å². The fourth-order valence-corrected chi connectivity index (χ4v) is 3.30. The maximum absolute atomic E-state index is 12.2. The Bertz CT molecular complexity index is 940. The number of benzene rings is 1. The number of aromatic nitrogens is 3. The summed E-state index contributed by atoms with van der Waals surface area (Å²) in [5, 5.41) is 4.56. The molecule has 4 rings (SSSR count). The highest BCUT2D eigenvalue weighted by Gasteiger charge is 2.21. The van der Waals surface area contributed by atoms with Crippen LogP contribution in [0.3, 0.4) is 0 Å². The van der Waals surface area contributed by atoms with E-state index >= 15 is 0 Å². The minimum Gasteiger partial charge on any atom is -0.318 e. The Hall–Kier alpha value is -2.66. The van der Waals surface area contributed by atoms with Crippen LogP contribution < -0.4 is 5.56 Å². The van der Waals surface area contributed by atoms with Crippen molar-refractivity contribution in [3.63, 3.8) is 0 Å². The van der Waals surface area contributed by atoms with Crippen LogP contribution >= 0.6 is 0 Å². The second-order valence-electron chi connectivity index (χ2n) is 6.38. The predicted octanol–water partition coefficient (Wildman–Crippen LogP) is 2.36. The lowest BCUT2D eigenvalue weighted by Crippen LogP contribution is -2.30. The first kappa shape index (κ1) is 14.9. The Balaban J connectivity index is 1.95. The summed E-state index contributed by atoms with van der Waals surface area (Å²) >= 11 is 0. The predicted molar refractivity (Wildman–Crippen MR) is 94.7 cm³/mol. The van der Waals surface area contributed by atoms with E-state index in [1.807, 2.05) is 42.7 Å². The van der Waals surface area contributed by atoms with E-state index in [4.69, 9.17) is 0 Å². The molecule has 2 aromatic heterocycles. The number of hydrogen-bond acceptors (Lipinski definition) is 3. The highest BCUT2D eigenvalue weighted by Crippen LogP contribution is 2.34. The second kappa shape index (κ2) is 5.76. The first-order valence-corrected chi connectivity index (χ1v) is 8.13. The second-order valence-corrected chi connectivity index (χ2v) is 6.38. The van der Waals surface area contributed by atoms with E-state index in [1.54, 1.807) is 17.7 Å². The third kappa shape index (κ3) is 2.47. The zero-order valence-electron chi connectivity index (χ0n) is 13.9. The number of pyridine rings is 1. The van der Waals surface area contributed by atoms with Gasteiger partial charge in [0.15, 0.2) is 0 Å². The van der Waals surface area contributed by atoms with E-state index in [-0.39, 0.29) is 5.56 Å². The summed E-state index contributed by atoms with van der Waals surface area (Å²) in [5.74, 6) is 0. The van der Waals surface area contributed by atoms with Gasteiger partial charge in [-0.25, -0.2) is 0 Å². The van der Waals surface area contributed by atoms with Crippen molar-refractivity contribution in [2.45, 2.75) is 13.1 Å². The van der Waals surface area contributed by atoms with Gasteiger partial charge in [-0.2, -0.15) is 5.10 Å². The van der Waals surface area contributed by atoms with Crippen LogP contribution in [0.2, 0.25) is 0 Å². The van der Waals surface area contributed by atoms with Crippen molar-refractivity contribution >= 4 is 0 Å². The molecule has 0 spiro atoms. The molecule has 122 valence electrons. The lowest BCUT2D eigenvalue weighted by atomic mass is 9.96. The smallest absolute Gasteiger partial charge is 0.250 e. The first-order chi connectivity index (χ1) is 11.6. The molecule has 0 fully saturated rings. The van der Waals surface area contributed by atoms with E-state index in [9.17, 15) is 4.79 Å². The van der Waals surface area contributed by atoms with Crippen LogP contribution in [-0.4, -0.2) is 32.8 Å². The standard InChI is InChI=1S/C19H20N4O/c1-21-8-9-23-18(13-21)16(11-20-23)17-12-22(2)19(24)10-15(17)14-6-4-3-5-7-14/h3-7,10-12H,8-9,13H2,1-2H3. The van der Waals surface area contributed by atoms with Gasteiger partial charge in [0.25, 0.3) is 5.56 Å². The molecular formula is C19H20N4O. The number of fused-ring (bicyclic) bond motifs is 1. The van der Waals surface area contributed by atoms with Crippen LogP contribution in [0.25, 0.3) is 22.3 Å². The van der Waals surface area contributed by atoms with Crippen molar-refractivity contribution < 1.29 is 0 Å². The van der Waals surface area contributed by atoms with Gasteiger partial charge in [-0.05, 0) is 18.2 Å². The van der Waals surface area contributed by atoms with Crippen LogP contribution in [0, 0.1) is 0 Å². The first-order valence-electron chi connectivity index (χ1n) is 8.13. The molecule has 0 unspecified atom stereocenters. The third-order valence-corrected chi connectivity index (χ3v) is 4.67. The number of likely N-dealkylation sites (N-methyl/N-ethyl adjacent to an activating group) is 1. The number of rotatable bonds is 2. The minimum absolute atomic E-state index is 0.00393. The fraction of sp³-hybridized carbons (Fsp3) is 0.263. The normalized spacial score (nSPS) is 14.6. The van der Waals surface area contributed by atoms with E-state index in [2.05, 4.69) is 21.7 Å². The van der Waals surface area contributed by atoms with Crippen molar-refractivity contribution in [1.82, 2.24) is 19.2 Å². The van der Waals surface area contributed by atoms with E-state index < -0.39 is 0 Å². The van der Waals surface area contributed by atoms with E-state index in [0.29, 0.717) is 0 Å². The monoisotopic (exact) mass is 320 g/mol. The molecule has 24 heavy (non-hydrogen) atoms. The molecule has 1 aliphatic heterocycles. The zero-order chi connectivity index (χ0) is 16.7. The van der Waals surface area contributed by atoms with E-state index in [0.717, 1.165) is 41.9 Å². The topological polar surface area (TPSA) is 43.1 Å². The van der Waals surface area contributed by atoms with Gasteiger partial charge in [0.2, 0.25) is 0 Å². The molecule has 0 N–H and O–H groups in total. The number of hydrogen-bond donors (Lipinski definition) is 0. The fourth-order valence-electron chi connectivity index (χ4n) is 3.30. The van der Waals surface area contributed by atoms with Crippen LogP contribution in [0.15, 0.2) is 53.6 Å². The average Bonchev–Trinajstić information content (AvgIpc) is 3.00. The van der Waals surface area contributed by atoms with Crippen LogP contribution in [0.4, 0.5) is 0 Å². The molecule has 0 bridgehead atoms. The van der Waals surface area contributed by atoms with Gasteiger partial charge in [0.1, 0.15) is 0 Å². The van der Waals surface area contributed by atoms with Crippen molar-refractivity contribution in [3.8, 4) is 22.3 Å². The van der Waals surface area contributed by atoms with Gasteiger partial charge in [-0.3, -0.25) is 14.4 Å². The van der Waals surface area contributed by atoms with Crippen LogP contribution in [0.5, 0.6) is 0 Å². The molecule has 1 aliphatic rings. The Labute approximate surface area is 140 Å². The van der Waals surface area contributed by atoms with Gasteiger partial charge in [-0.15, -0.1) is 0 Å². The van der Waals surface area contributed by atoms with Crippen molar-refractivity contribution in [2.75, 3.05) is 13.6 Å². The Morgan fingerprint density at radius 1 is 1.00 bits per heavy atom. The summed E-state index contributed by atoms with van der Waals surface area (Å²) in [5.41, 5.74) is 5.38. The van der Waals surface area contributed by atoms with Crippen molar-refractivity contribution in [2.24, 2.45) is 7.05 Å². The summed E-state index contributed by atoms with van der Waals surface area (Å²) in [6, 6.07) is 11.8. The maximum atomic E-state index is 12.2. The van der Waals surface area contributed by atoms with Crippen molar-refractivity contribution in [3.05, 3.63) is 64.8 Å². The highest BCUT2D eigenvalue weighted by molar-refractivity contribution is 5.83. The molecule has 0 amide bonds. The zero-order valence-corrected chi connectivity index (χ0v) is 13.9. The lowest BCUT2D eigenvalue weighted by molar-refractivity contribution is 0.259. The average molecular weight is 320 g/mol. The van der Waals surface area contributed by atoms with Crippen LogP contribution in [-0.2, 0) is 20.1 Å². The van der Waals surface area contributed by atoms with Gasteiger partial charge < -0.3 is 4.57 Å². The molecule has 1 aromatic carbocycles. The molecule has 5 nitrogen and oxygen atoms in total. The third-order valence-electron chi connectivity index (χ3n) is 4.67. The summed E-state index contributed by atoms with van der Waals surface area (Å²) in [6.07, 6.45) is 3.86. The molecular weight excluding hydrogens is 300 g/mol. The maximum Gasteiger partial charge on any atom is 0.250 e. The van der Waals surface area contributed by atoms with Gasteiger partial charge in [-0.1, -0.05) is 30.3 Å². The minimum atomic E-state index is -0.00393. The summed E-state index contributed by atoms with van der Waals surface area (Å²) in [6.45, 7) is 2.78. The Morgan fingerprint density at radius 3 is 2.58 bits per heavy atom. The number of aryl methyl sites for hydroxylation is 1. The lowest BCUT2D eigenvalue weighted by Gasteiger charge is -2.24. The molecule has 0 atom stereocenters. The molecule has 5 heteroatoms. The molecule has 3 heterocycles. The summed E-state index contributed by atoms with van der Waals surface area (Å²) < 4.78 is 3.72. The molecule has 0 radical (unpaired) electrons. The Morgan fingerprint density at radius 2 is 1.79 bits per heavy atom. The molecule has 0 saturated heterocycles. The Kier molecular flexibility index (Phi) is 3.58. The summed E-state index contributed by atoms with van der Waals surface area (Å²) in [7, 11) is 3.92. The highest BCUT2D eigenvalue weighted by atomic mass is 16.1. The molecule has 3 aromatic rings. The SMILES string of the molecule is CN1CCn2ncc(-c3cn(C)c(=O)cc3-c3ccccc3)c2C1. The quantitative estimate of drug-likeness (QED) is 0.728. The molecule has 0 aliphatic carbocycles. The van der Waals surface area contributed by atoms with Gasteiger partial charge >= 0.3 is 0 Å². The number of nitrogens with zero attached hydrogens (tertiary/aromatic N) is 4. The van der Waals surface area contributed by atoms with Gasteiger partial charge in [0, 0.05) is 43.5 Å². The van der Waals surface area contributed by atoms with Crippen LogP contribution in [0.1, 0.15) is 5.69 Å². The van der Waals surface area contributed by atoms with Gasteiger partial charge in [0.05, 0.1) is 18.4 Å². The largest absolute Gasteiger partial charge is 0.318 e. The molecule has 0 saturated carbocycles. The summed E-state index contributed by atoms with van der Waals surface area (Å²) in [4.78, 5) is 14.5.